The van der Waals surface area contributed by atoms with E-state index in [0.29, 0.717) is 6.42 Å². The molecule has 0 aromatic carbocycles. The van der Waals surface area contributed by atoms with E-state index < -0.39 is 0 Å². The molecule has 4 nitrogen and oxygen atoms in total. The normalized spacial score (nSPS) is 23.7. The quantitative estimate of drug-likeness (QED) is 0.426. The number of likely N-dealkylation sites (N-methyl/N-ethyl adjacent to an activating group) is 1. The second kappa shape index (κ2) is 4.31. The van der Waals surface area contributed by atoms with Crippen LogP contribution in [0.3, 0.4) is 0 Å². The van der Waals surface area contributed by atoms with Gasteiger partial charge in [-0.1, -0.05) is 0 Å². The van der Waals surface area contributed by atoms with E-state index >= 15 is 0 Å². The molecule has 1 aliphatic heterocycles. The first-order valence-corrected chi connectivity index (χ1v) is 3.90. The minimum absolute atomic E-state index is 0.0455. The standard InChI is InChI=1S/C7H14N2O2/c1-8-4-5-9-6-2-3-7(10)11-6/h6,8-9H,2-5H2,1H3. The van der Waals surface area contributed by atoms with Crippen LogP contribution in [0.15, 0.2) is 0 Å². The van der Waals surface area contributed by atoms with Gasteiger partial charge in [0.1, 0.15) is 0 Å². The van der Waals surface area contributed by atoms with Crippen molar-refractivity contribution in [3.8, 4) is 0 Å². The molecular formula is C7H14N2O2. The van der Waals surface area contributed by atoms with Crippen molar-refractivity contribution in [1.29, 1.82) is 0 Å². The zero-order valence-electron chi connectivity index (χ0n) is 6.72. The van der Waals surface area contributed by atoms with Gasteiger partial charge in [0.05, 0.1) is 6.42 Å². The second-order valence-corrected chi connectivity index (χ2v) is 2.57. The summed E-state index contributed by atoms with van der Waals surface area (Å²) in [7, 11) is 1.89. The summed E-state index contributed by atoms with van der Waals surface area (Å²) in [6.45, 7) is 1.74. The van der Waals surface area contributed by atoms with E-state index in [-0.39, 0.29) is 12.2 Å². The summed E-state index contributed by atoms with van der Waals surface area (Å²) in [5, 5.41) is 6.11. The molecule has 1 fully saturated rings. The topological polar surface area (TPSA) is 50.4 Å². The number of carbonyl (C=O) groups excluding carboxylic acids is 1. The van der Waals surface area contributed by atoms with Gasteiger partial charge < -0.3 is 10.1 Å². The molecule has 1 saturated heterocycles. The third kappa shape index (κ3) is 2.86. The molecule has 2 N–H and O–H groups in total. The Morgan fingerprint density at radius 1 is 1.64 bits per heavy atom. The zero-order valence-corrected chi connectivity index (χ0v) is 6.72. The monoisotopic (exact) mass is 158 g/mol. The lowest BCUT2D eigenvalue weighted by Crippen LogP contribution is -2.33. The first-order valence-electron chi connectivity index (χ1n) is 3.90. The summed E-state index contributed by atoms with van der Waals surface area (Å²) in [6, 6.07) is 0. The van der Waals surface area contributed by atoms with Crippen LogP contribution in [0.5, 0.6) is 0 Å². The summed E-state index contributed by atoms with van der Waals surface area (Å²) in [5.74, 6) is -0.0908. The lowest BCUT2D eigenvalue weighted by Gasteiger charge is -2.10. The van der Waals surface area contributed by atoms with Crippen LogP contribution in [0.2, 0.25) is 0 Å². The first-order chi connectivity index (χ1) is 5.33. The van der Waals surface area contributed by atoms with Crippen LogP contribution in [0.1, 0.15) is 12.8 Å². The van der Waals surface area contributed by atoms with E-state index in [1.165, 1.54) is 0 Å². The average Bonchev–Trinajstić information content (AvgIpc) is 2.37. The maximum atomic E-state index is 10.6. The van der Waals surface area contributed by atoms with Crippen LogP contribution >= 0.6 is 0 Å². The van der Waals surface area contributed by atoms with Crippen molar-refractivity contribution in [2.75, 3.05) is 20.1 Å². The molecule has 0 spiro atoms. The van der Waals surface area contributed by atoms with Crippen LogP contribution in [-0.4, -0.2) is 32.3 Å². The van der Waals surface area contributed by atoms with Crippen LogP contribution in [0.25, 0.3) is 0 Å². The Labute approximate surface area is 66.3 Å². The van der Waals surface area contributed by atoms with Gasteiger partial charge in [0.15, 0.2) is 6.23 Å². The molecule has 64 valence electrons. The number of ether oxygens (including phenoxy) is 1. The van der Waals surface area contributed by atoms with Crippen molar-refractivity contribution >= 4 is 5.97 Å². The van der Waals surface area contributed by atoms with Crippen molar-refractivity contribution in [2.45, 2.75) is 19.1 Å². The summed E-state index contributed by atoms with van der Waals surface area (Å²) in [4.78, 5) is 10.6. The second-order valence-electron chi connectivity index (χ2n) is 2.57. The van der Waals surface area contributed by atoms with Gasteiger partial charge >= 0.3 is 5.97 Å². The molecule has 0 saturated carbocycles. The van der Waals surface area contributed by atoms with Crippen LogP contribution in [0, 0.1) is 0 Å². The van der Waals surface area contributed by atoms with Crippen molar-refractivity contribution in [2.24, 2.45) is 0 Å². The van der Waals surface area contributed by atoms with Crippen molar-refractivity contribution < 1.29 is 9.53 Å². The fourth-order valence-electron chi connectivity index (χ4n) is 1.03. The Kier molecular flexibility index (Phi) is 3.32. The summed E-state index contributed by atoms with van der Waals surface area (Å²) in [5.41, 5.74) is 0. The SMILES string of the molecule is CNCCNC1CCC(=O)O1. The van der Waals surface area contributed by atoms with Gasteiger partial charge in [-0.15, -0.1) is 0 Å². The van der Waals surface area contributed by atoms with Gasteiger partial charge in [0.2, 0.25) is 0 Å². The number of esters is 1. The molecule has 11 heavy (non-hydrogen) atoms. The van der Waals surface area contributed by atoms with Gasteiger partial charge in [-0.05, 0) is 7.05 Å². The maximum absolute atomic E-state index is 10.6. The molecule has 4 heteroatoms. The number of cyclic esters (lactones) is 1. The van der Waals surface area contributed by atoms with Crippen molar-refractivity contribution in [3.63, 3.8) is 0 Å². The van der Waals surface area contributed by atoms with Crippen LogP contribution in [-0.2, 0) is 9.53 Å². The predicted octanol–water partition coefficient (Wildman–Crippen LogP) is -0.541. The molecule has 1 rings (SSSR count). The zero-order chi connectivity index (χ0) is 8.10. The summed E-state index contributed by atoms with van der Waals surface area (Å²) < 4.78 is 4.93. The predicted molar refractivity (Wildman–Crippen MR) is 41.0 cm³/mol. The Hall–Kier alpha value is -0.610. The molecule has 0 aliphatic carbocycles. The van der Waals surface area contributed by atoms with Gasteiger partial charge in [-0.3, -0.25) is 10.1 Å². The summed E-state index contributed by atoms with van der Waals surface area (Å²) in [6.07, 6.45) is 1.32. The first kappa shape index (κ1) is 8.49. The maximum Gasteiger partial charge on any atom is 0.307 e. The number of carbonyl (C=O) groups is 1. The number of rotatable bonds is 4. The van der Waals surface area contributed by atoms with Gasteiger partial charge in [0, 0.05) is 19.5 Å². The number of hydrogen-bond acceptors (Lipinski definition) is 4. The largest absolute Gasteiger partial charge is 0.447 e. The molecule has 1 atom stereocenters. The highest BCUT2D eigenvalue weighted by atomic mass is 16.6. The van der Waals surface area contributed by atoms with E-state index in [9.17, 15) is 4.79 Å². The molecule has 1 aliphatic rings. The lowest BCUT2D eigenvalue weighted by molar-refractivity contribution is -0.142. The fourth-order valence-corrected chi connectivity index (χ4v) is 1.03. The van der Waals surface area contributed by atoms with E-state index in [1.807, 2.05) is 7.05 Å². The highest BCUT2D eigenvalue weighted by Gasteiger charge is 2.21. The Morgan fingerprint density at radius 3 is 3.00 bits per heavy atom. The molecule has 0 amide bonds. The van der Waals surface area contributed by atoms with Crippen molar-refractivity contribution in [1.82, 2.24) is 10.6 Å². The number of nitrogens with one attached hydrogen (secondary N) is 2. The molecule has 0 bridgehead atoms. The van der Waals surface area contributed by atoms with Crippen LogP contribution in [0.4, 0.5) is 0 Å². The number of hydrogen-bond donors (Lipinski definition) is 2. The highest BCUT2D eigenvalue weighted by Crippen LogP contribution is 2.09. The third-order valence-corrected chi connectivity index (χ3v) is 1.63. The van der Waals surface area contributed by atoms with E-state index in [4.69, 9.17) is 4.74 Å². The fraction of sp³-hybridized carbons (Fsp3) is 0.857. The highest BCUT2D eigenvalue weighted by molar-refractivity contribution is 5.71. The van der Waals surface area contributed by atoms with E-state index in [1.54, 1.807) is 0 Å². The lowest BCUT2D eigenvalue weighted by atomic mass is 10.3. The minimum Gasteiger partial charge on any atom is -0.447 e. The van der Waals surface area contributed by atoms with Crippen molar-refractivity contribution in [3.05, 3.63) is 0 Å². The van der Waals surface area contributed by atoms with E-state index in [2.05, 4.69) is 10.6 Å². The Bertz CT molecular complexity index is 138. The average molecular weight is 158 g/mol. The molecule has 0 radical (unpaired) electrons. The molecule has 0 aromatic rings. The molecule has 1 unspecified atom stereocenters. The smallest absolute Gasteiger partial charge is 0.307 e. The van der Waals surface area contributed by atoms with Gasteiger partial charge in [-0.2, -0.15) is 0 Å². The molecular weight excluding hydrogens is 144 g/mol. The Morgan fingerprint density at radius 2 is 2.45 bits per heavy atom. The minimum atomic E-state index is -0.0908. The van der Waals surface area contributed by atoms with Crippen LogP contribution < -0.4 is 10.6 Å². The third-order valence-electron chi connectivity index (χ3n) is 1.63. The van der Waals surface area contributed by atoms with Gasteiger partial charge in [0.25, 0.3) is 0 Å². The van der Waals surface area contributed by atoms with E-state index in [0.717, 1.165) is 19.5 Å². The van der Waals surface area contributed by atoms with Gasteiger partial charge in [-0.25, -0.2) is 0 Å². The summed E-state index contributed by atoms with van der Waals surface area (Å²) >= 11 is 0. The Balaban J connectivity index is 2.04. The molecule has 0 aromatic heterocycles. The molecule has 1 heterocycles.